The largest absolute Gasteiger partial charge is 0.482 e. The molecule has 3 aromatic carbocycles. The Kier molecular flexibility index (Phi) is 6.40. The van der Waals surface area contributed by atoms with Crippen LogP contribution in [0.3, 0.4) is 0 Å². The van der Waals surface area contributed by atoms with E-state index in [0.29, 0.717) is 16.3 Å². The first-order chi connectivity index (χ1) is 15.9. The number of hydrogen-bond donors (Lipinski definition) is 1. The van der Waals surface area contributed by atoms with Crippen molar-refractivity contribution in [3.05, 3.63) is 99.1 Å². The van der Waals surface area contributed by atoms with Crippen molar-refractivity contribution >= 4 is 29.2 Å². The van der Waals surface area contributed by atoms with Gasteiger partial charge in [-0.25, -0.2) is 9.18 Å². The van der Waals surface area contributed by atoms with Crippen LogP contribution in [0.4, 0.5) is 4.39 Å². The molecule has 0 saturated carbocycles. The van der Waals surface area contributed by atoms with Gasteiger partial charge in [0, 0.05) is 27.2 Å². The molecule has 0 saturated heterocycles. The molecule has 0 aromatic heterocycles. The zero-order valence-electron chi connectivity index (χ0n) is 16.8. The van der Waals surface area contributed by atoms with E-state index < -0.39 is 17.7 Å². The van der Waals surface area contributed by atoms with Gasteiger partial charge in [-0.15, -0.1) is 0 Å². The number of nitriles is 1. The molecule has 1 aliphatic rings. The van der Waals surface area contributed by atoms with Gasteiger partial charge >= 0.3 is 5.97 Å². The van der Waals surface area contributed by atoms with Crippen LogP contribution in [-0.4, -0.2) is 12.6 Å². The lowest BCUT2D eigenvalue weighted by atomic mass is 9.83. The van der Waals surface area contributed by atoms with Crippen molar-refractivity contribution in [2.75, 3.05) is 6.61 Å². The highest BCUT2D eigenvalue weighted by atomic mass is 35.5. The number of fused-ring (bicyclic) bond motifs is 1. The number of rotatable bonds is 5. The van der Waals surface area contributed by atoms with Gasteiger partial charge in [0.25, 0.3) is 0 Å². The molecule has 3 aromatic rings. The van der Waals surface area contributed by atoms with Gasteiger partial charge in [0.05, 0.1) is 5.92 Å². The summed E-state index contributed by atoms with van der Waals surface area (Å²) in [4.78, 5) is 12.2. The van der Waals surface area contributed by atoms with Crippen molar-refractivity contribution in [3.63, 3.8) is 0 Å². The van der Waals surface area contributed by atoms with Gasteiger partial charge in [-0.05, 0) is 36.4 Å². The highest BCUT2D eigenvalue weighted by molar-refractivity contribution is 6.31. The normalized spacial score (nSPS) is 14.7. The van der Waals surface area contributed by atoms with Gasteiger partial charge in [-0.1, -0.05) is 41.4 Å². The highest BCUT2D eigenvalue weighted by Crippen LogP contribution is 2.46. The standard InChI is InChI=1S/C24H15Cl2FN2O4/c25-13-3-1-4-14(9-13)31-12-21(30)32-15-7-8-16-20(10-15)33-24(29)17(11-28)22(16)23-18(26)5-2-6-19(23)27/h1-10,22H,12,29H2. The number of halogens is 3. The minimum Gasteiger partial charge on any atom is -0.482 e. The zero-order chi connectivity index (χ0) is 23.5. The van der Waals surface area contributed by atoms with Gasteiger partial charge in [-0.3, -0.25) is 0 Å². The summed E-state index contributed by atoms with van der Waals surface area (Å²) in [5.74, 6) is -1.56. The van der Waals surface area contributed by atoms with Crippen LogP contribution in [0.5, 0.6) is 17.2 Å². The van der Waals surface area contributed by atoms with E-state index in [1.165, 1.54) is 30.3 Å². The molecule has 1 atom stereocenters. The molecule has 0 bridgehead atoms. The molecule has 1 heterocycles. The van der Waals surface area contributed by atoms with Crippen LogP contribution < -0.4 is 19.9 Å². The smallest absolute Gasteiger partial charge is 0.349 e. The first kappa shape index (κ1) is 22.5. The van der Waals surface area contributed by atoms with Gasteiger partial charge in [0.1, 0.15) is 34.7 Å². The topological polar surface area (TPSA) is 94.6 Å². The molecule has 0 radical (unpaired) electrons. The molecule has 0 spiro atoms. The Bertz CT molecular complexity index is 1300. The van der Waals surface area contributed by atoms with Crippen LogP contribution in [0.1, 0.15) is 17.0 Å². The van der Waals surface area contributed by atoms with E-state index >= 15 is 0 Å². The quantitative estimate of drug-likeness (QED) is 0.388. The number of nitrogens with zero attached hydrogens (tertiary/aromatic N) is 1. The third-order valence-electron chi connectivity index (χ3n) is 4.86. The first-order valence-corrected chi connectivity index (χ1v) is 10.4. The first-order valence-electron chi connectivity index (χ1n) is 9.62. The van der Waals surface area contributed by atoms with E-state index in [0.717, 1.165) is 0 Å². The second-order valence-corrected chi connectivity index (χ2v) is 7.82. The molecule has 4 rings (SSSR count). The molecule has 1 unspecified atom stereocenters. The average molecular weight is 485 g/mol. The molecule has 33 heavy (non-hydrogen) atoms. The molecule has 0 amide bonds. The van der Waals surface area contributed by atoms with Gasteiger partial charge in [-0.2, -0.15) is 5.26 Å². The van der Waals surface area contributed by atoms with Crippen molar-refractivity contribution in [3.8, 4) is 23.3 Å². The minimum absolute atomic E-state index is 0.0224. The van der Waals surface area contributed by atoms with Crippen molar-refractivity contribution < 1.29 is 23.4 Å². The van der Waals surface area contributed by atoms with Gasteiger partial charge in [0.2, 0.25) is 5.88 Å². The Morgan fingerprint density at radius 1 is 1.12 bits per heavy atom. The average Bonchev–Trinajstić information content (AvgIpc) is 2.77. The van der Waals surface area contributed by atoms with Crippen molar-refractivity contribution in [2.24, 2.45) is 5.73 Å². The van der Waals surface area contributed by atoms with Gasteiger partial charge in [0.15, 0.2) is 6.61 Å². The summed E-state index contributed by atoms with van der Waals surface area (Å²) >= 11 is 12.1. The van der Waals surface area contributed by atoms with Crippen LogP contribution in [-0.2, 0) is 4.79 Å². The molecule has 1 aliphatic heterocycles. The Labute approximate surface area is 198 Å². The SMILES string of the molecule is N#CC1=C(N)Oc2cc(OC(=O)COc3cccc(Cl)c3)ccc2C1c1c(F)cccc1Cl. The number of carbonyl (C=O) groups excluding carboxylic acids is 1. The maximum absolute atomic E-state index is 14.7. The lowest BCUT2D eigenvalue weighted by molar-refractivity contribution is -0.136. The lowest BCUT2D eigenvalue weighted by Crippen LogP contribution is -2.22. The fraction of sp³-hybridized carbons (Fsp3) is 0.0833. The molecule has 6 nitrogen and oxygen atoms in total. The minimum atomic E-state index is -0.886. The van der Waals surface area contributed by atoms with Crippen molar-refractivity contribution in [2.45, 2.75) is 5.92 Å². The number of allylic oxidation sites excluding steroid dienone is 1. The van der Waals surface area contributed by atoms with E-state index in [4.69, 9.17) is 43.1 Å². The summed E-state index contributed by atoms with van der Waals surface area (Å²) < 4.78 is 30.9. The van der Waals surface area contributed by atoms with Crippen LogP contribution in [0.2, 0.25) is 10.0 Å². The molecular weight excluding hydrogens is 470 g/mol. The van der Waals surface area contributed by atoms with Crippen LogP contribution >= 0.6 is 23.2 Å². The number of hydrogen-bond acceptors (Lipinski definition) is 6. The molecule has 2 N–H and O–H groups in total. The van der Waals surface area contributed by atoms with Crippen LogP contribution in [0.25, 0.3) is 0 Å². The summed E-state index contributed by atoms with van der Waals surface area (Å²) in [5.41, 5.74) is 6.51. The summed E-state index contributed by atoms with van der Waals surface area (Å²) in [6, 6.07) is 17.3. The number of nitrogens with two attached hydrogens (primary N) is 1. The summed E-state index contributed by atoms with van der Waals surface area (Å²) in [5, 5.41) is 10.2. The Morgan fingerprint density at radius 3 is 2.64 bits per heavy atom. The van der Waals surface area contributed by atoms with E-state index in [2.05, 4.69) is 0 Å². The second kappa shape index (κ2) is 9.41. The number of benzene rings is 3. The summed E-state index contributed by atoms with van der Waals surface area (Å²) in [7, 11) is 0. The predicted octanol–water partition coefficient (Wildman–Crippen LogP) is 5.34. The van der Waals surface area contributed by atoms with E-state index in [-0.39, 0.29) is 40.1 Å². The third kappa shape index (κ3) is 4.72. The molecular formula is C24H15Cl2FN2O4. The summed E-state index contributed by atoms with van der Waals surface area (Å²) in [6.07, 6.45) is 0. The number of esters is 1. The Hall–Kier alpha value is -3.73. The van der Waals surface area contributed by atoms with Crippen LogP contribution in [0, 0.1) is 17.1 Å². The fourth-order valence-corrected chi connectivity index (χ4v) is 3.89. The number of ether oxygens (including phenoxy) is 3. The predicted molar refractivity (Wildman–Crippen MR) is 120 cm³/mol. The maximum atomic E-state index is 14.7. The third-order valence-corrected chi connectivity index (χ3v) is 5.43. The van der Waals surface area contributed by atoms with Crippen LogP contribution in [0.15, 0.2) is 72.1 Å². The molecule has 166 valence electrons. The fourth-order valence-electron chi connectivity index (χ4n) is 3.44. The van der Waals surface area contributed by atoms with Gasteiger partial charge < -0.3 is 19.9 Å². The second-order valence-electron chi connectivity index (χ2n) is 6.98. The van der Waals surface area contributed by atoms with Crippen molar-refractivity contribution in [1.29, 1.82) is 5.26 Å². The Morgan fingerprint density at radius 2 is 1.91 bits per heavy atom. The maximum Gasteiger partial charge on any atom is 0.349 e. The van der Waals surface area contributed by atoms with E-state index in [9.17, 15) is 14.4 Å². The van der Waals surface area contributed by atoms with Crippen molar-refractivity contribution in [1.82, 2.24) is 0 Å². The van der Waals surface area contributed by atoms with E-state index in [1.54, 1.807) is 30.3 Å². The summed E-state index contributed by atoms with van der Waals surface area (Å²) in [6.45, 7) is -0.355. The molecule has 9 heteroatoms. The lowest BCUT2D eigenvalue weighted by Gasteiger charge is -2.27. The van der Waals surface area contributed by atoms with E-state index in [1.807, 2.05) is 6.07 Å². The Balaban J connectivity index is 1.59. The molecule has 0 fully saturated rings. The molecule has 0 aliphatic carbocycles. The number of carbonyl (C=O) groups is 1. The highest BCUT2D eigenvalue weighted by Gasteiger charge is 2.34. The monoisotopic (exact) mass is 484 g/mol. The zero-order valence-corrected chi connectivity index (χ0v) is 18.4.